The first-order valence-electron chi connectivity index (χ1n) is 7.49. The second-order valence-corrected chi connectivity index (χ2v) is 6.11. The fourth-order valence-electron chi connectivity index (χ4n) is 3.38. The number of hydrogen-bond acceptors (Lipinski definition) is 4. The van der Waals surface area contributed by atoms with Crippen molar-refractivity contribution in [2.75, 3.05) is 13.1 Å². The van der Waals surface area contributed by atoms with E-state index in [0.29, 0.717) is 19.4 Å². The zero-order valence-corrected chi connectivity index (χ0v) is 11.9. The quantitative estimate of drug-likeness (QED) is 0.849. The number of carbonyl (C=O) groups is 1. The van der Waals surface area contributed by atoms with E-state index in [1.54, 1.807) is 0 Å². The zero-order valence-electron chi connectivity index (χ0n) is 11.9. The number of piperidine rings is 1. The highest BCUT2D eigenvalue weighted by Crippen LogP contribution is 2.33. The van der Waals surface area contributed by atoms with Crippen molar-refractivity contribution >= 4 is 5.91 Å². The number of hydrogen-bond donors (Lipinski definition) is 2. The number of carbonyl (C=O) groups excluding carboxylic acids is 1. The number of aromatic nitrogens is 3. The van der Waals surface area contributed by atoms with Crippen molar-refractivity contribution < 1.29 is 9.90 Å². The molecule has 1 saturated heterocycles. The van der Waals surface area contributed by atoms with Crippen molar-refractivity contribution in [3.05, 3.63) is 11.6 Å². The first-order chi connectivity index (χ1) is 9.58. The highest BCUT2D eigenvalue weighted by atomic mass is 16.3. The Morgan fingerprint density at radius 1 is 1.40 bits per heavy atom. The Labute approximate surface area is 118 Å². The molecule has 0 radical (unpaired) electrons. The number of rotatable bonds is 2. The van der Waals surface area contributed by atoms with Crippen molar-refractivity contribution in [2.45, 2.75) is 57.0 Å². The van der Waals surface area contributed by atoms with E-state index in [-0.39, 0.29) is 11.8 Å². The van der Waals surface area contributed by atoms with E-state index in [2.05, 4.69) is 15.2 Å². The van der Waals surface area contributed by atoms with Gasteiger partial charge < -0.3 is 10.0 Å². The van der Waals surface area contributed by atoms with Gasteiger partial charge in [0.2, 0.25) is 0 Å². The number of aliphatic hydroxyl groups is 1. The number of likely N-dealkylation sites (tertiary alicyclic amines) is 1. The molecule has 0 bridgehead atoms. The number of H-pyrrole nitrogens is 1. The molecule has 2 fully saturated rings. The zero-order chi connectivity index (χ0) is 14.2. The van der Waals surface area contributed by atoms with Crippen molar-refractivity contribution in [1.82, 2.24) is 20.1 Å². The van der Waals surface area contributed by atoms with Crippen LogP contribution in [-0.2, 0) is 4.79 Å². The van der Waals surface area contributed by atoms with Gasteiger partial charge in [0, 0.05) is 19.0 Å². The predicted molar refractivity (Wildman–Crippen MR) is 73.1 cm³/mol. The Morgan fingerprint density at radius 3 is 2.80 bits per heavy atom. The van der Waals surface area contributed by atoms with Crippen molar-refractivity contribution in [1.29, 1.82) is 0 Å². The van der Waals surface area contributed by atoms with Crippen molar-refractivity contribution in [2.24, 2.45) is 0 Å². The van der Waals surface area contributed by atoms with E-state index in [1.807, 2.05) is 11.8 Å². The lowest BCUT2D eigenvalue weighted by Gasteiger charge is -2.36. The highest BCUT2D eigenvalue weighted by molar-refractivity contribution is 5.85. The van der Waals surface area contributed by atoms with Crippen molar-refractivity contribution in [3.63, 3.8) is 0 Å². The predicted octanol–water partition coefficient (Wildman–Crippen LogP) is 1.12. The Balaban J connectivity index is 1.70. The molecule has 2 aliphatic rings. The van der Waals surface area contributed by atoms with E-state index >= 15 is 0 Å². The Morgan fingerprint density at radius 2 is 2.15 bits per heavy atom. The van der Waals surface area contributed by atoms with Gasteiger partial charge in [-0.1, -0.05) is 0 Å². The molecule has 110 valence electrons. The minimum absolute atomic E-state index is 0.0908. The fraction of sp³-hybridized carbons (Fsp3) is 0.786. The van der Waals surface area contributed by atoms with Gasteiger partial charge in [-0.15, -0.1) is 0 Å². The maximum atomic E-state index is 12.5. The molecule has 0 spiro atoms. The maximum absolute atomic E-state index is 12.5. The van der Waals surface area contributed by atoms with Gasteiger partial charge in [0.1, 0.15) is 11.4 Å². The summed E-state index contributed by atoms with van der Waals surface area (Å²) in [6.07, 6.45) is 5.04. The van der Waals surface area contributed by atoms with Gasteiger partial charge >= 0.3 is 0 Å². The highest BCUT2D eigenvalue weighted by Gasteiger charge is 2.42. The van der Waals surface area contributed by atoms with Crippen LogP contribution >= 0.6 is 0 Å². The Bertz CT molecular complexity index is 493. The molecule has 1 aromatic heterocycles. The molecule has 1 atom stereocenters. The summed E-state index contributed by atoms with van der Waals surface area (Å²) in [5, 5.41) is 17.5. The Hall–Kier alpha value is -1.43. The summed E-state index contributed by atoms with van der Waals surface area (Å²) in [6, 6.07) is 0. The molecular formula is C14H22N4O2. The molecule has 6 nitrogen and oxygen atoms in total. The van der Waals surface area contributed by atoms with Gasteiger partial charge in [-0.2, -0.15) is 5.10 Å². The molecular weight excluding hydrogens is 256 g/mol. The minimum Gasteiger partial charge on any atom is -0.380 e. The molecule has 1 saturated carbocycles. The second-order valence-electron chi connectivity index (χ2n) is 6.11. The van der Waals surface area contributed by atoms with Crippen LogP contribution in [0.2, 0.25) is 0 Å². The summed E-state index contributed by atoms with van der Waals surface area (Å²) in [6.45, 7) is 3.24. The van der Waals surface area contributed by atoms with Crippen LogP contribution in [0.15, 0.2) is 0 Å². The number of aryl methyl sites for hydroxylation is 1. The third-order valence-electron chi connectivity index (χ3n) is 4.52. The van der Waals surface area contributed by atoms with Crippen LogP contribution in [0.5, 0.6) is 0 Å². The minimum atomic E-state index is -1.11. The number of nitrogens with one attached hydrogen (secondary N) is 1. The summed E-state index contributed by atoms with van der Waals surface area (Å²) in [5.41, 5.74) is -1.11. The van der Waals surface area contributed by atoms with E-state index < -0.39 is 5.60 Å². The van der Waals surface area contributed by atoms with Crippen LogP contribution in [0.1, 0.15) is 56.1 Å². The van der Waals surface area contributed by atoms with E-state index in [0.717, 1.165) is 43.9 Å². The summed E-state index contributed by atoms with van der Waals surface area (Å²) >= 11 is 0. The fourth-order valence-corrected chi connectivity index (χ4v) is 3.38. The molecule has 2 N–H and O–H groups in total. The standard InChI is InChI=1S/C14H22N4O2/c1-10-15-12(17-16-10)11-5-4-8-18(9-11)13(19)14(20)6-2-3-7-14/h11,20H,2-9H2,1H3,(H,15,16,17). The molecule has 1 aliphatic carbocycles. The molecule has 6 heteroatoms. The average Bonchev–Trinajstić information content (AvgIpc) is 3.08. The van der Waals surface area contributed by atoms with E-state index in [1.165, 1.54) is 0 Å². The topological polar surface area (TPSA) is 82.1 Å². The van der Waals surface area contributed by atoms with Gasteiger partial charge in [-0.05, 0) is 45.4 Å². The lowest BCUT2D eigenvalue weighted by molar-refractivity contribution is -0.152. The third kappa shape index (κ3) is 2.44. The van der Waals surface area contributed by atoms with Gasteiger partial charge in [-0.25, -0.2) is 4.98 Å². The normalized spacial score (nSPS) is 25.9. The molecule has 0 aromatic carbocycles. The van der Waals surface area contributed by atoms with Crippen LogP contribution in [0.4, 0.5) is 0 Å². The van der Waals surface area contributed by atoms with Crippen LogP contribution < -0.4 is 0 Å². The van der Waals surface area contributed by atoms with Crippen LogP contribution in [0, 0.1) is 6.92 Å². The molecule has 20 heavy (non-hydrogen) atoms. The molecule has 1 unspecified atom stereocenters. The Kier molecular flexibility index (Phi) is 3.50. The third-order valence-corrected chi connectivity index (χ3v) is 4.52. The molecule has 1 amide bonds. The molecule has 3 rings (SSSR count). The van der Waals surface area contributed by atoms with E-state index in [9.17, 15) is 9.90 Å². The van der Waals surface area contributed by atoms with Crippen LogP contribution in [0.25, 0.3) is 0 Å². The van der Waals surface area contributed by atoms with Gasteiger partial charge in [0.15, 0.2) is 5.82 Å². The van der Waals surface area contributed by atoms with Gasteiger partial charge in [-0.3, -0.25) is 9.89 Å². The average molecular weight is 278 g/mol. The summed E-state index contributed by atoms with van der Waals surface area (Å²) in [4.78, 5) is 18.7. The summed E-state index contributed by atoms with van der Waals surface area (Å²) in [7, 11) is 0. The lowest BCUT2D eigenvalue weighted by Crippen LogP contribution is -2.50. The van der Waals surface area contributed by atoms with Crippen LogP contribution in [0.3, 0.4) is 0 Å². The number of amides is 1. The molecule has 1 aliphatic heterocycles. The van der Waals surface area contributed by atoms with E-state index in [4.69, 9.17) is 0 Å². The smallest absolute Gasteiger partial charge is 0.254 e. The van der Waals surface area contributed by atoms with Crippen molar-refractivity contribution in [3.8, 4) is 0 Å². The summed E-state index contributed by atoms with van der Waals surface area (Å²) < 4.78 is 0. The second kappa shape index (κ2) is 5.16. The monoisotopic (exact) mass is 278 g/mol. The first-order valence-corrected chi connectivity index (χ1v) is 7.49. The molecule has 1 aromatic rings. The van der Waals surface area contributed by atoms with Gasteiger partial charge in [0.05, 0.1) is 0 Å². The number of aromatic amines is 1. The first kappa shape index (κ1) is 13.5. The number of nitrogens with zero attached hydrogens (tertiary/aromatic N) is 3. The SMILES string of the molecule is Cc1nc(C2CCCN(C(=O)C3(O)CCCC3)C2)n[nH]1. The van der Waals surface area contributed by atoms with Crippen LogP contribution in [-0.4, -0.2) is 49.8 Å². The van der Waals surface area contributed by atoms with Gasteiger partial charge in [0.25, 0.3) is 5.91 Å². The molecule has 2 heterocycles. The lowest BCUT2D eigenvalue weighted by atomic mass is 9.94. The largest absolute Gasteiger partial charge is 0.380 e. The summed E-state index contributed by atoms with van der Waals surface area (Å²) in [5.74, 6) is 1.69. The maximum Gasteiger partial charge on any atom is 0.254 e.